The van der Waals surface area contributed by atoms with Gasteiger partial charge in [-0.25, -0.2) is 9.52 Å². The maximum atomic E-state index is 11.8. The molecule has 1 aliphatic rings. The molecule has 1 fully saturated rings. The van der Waals surface area contributed by atoms with Crippen molar-refractivity contribution in [2.24, 2.45) is 0 Å². The highest BCUT2D eigenvalue weighted by Crippen LogP contribution is 2.25. The minimum atomic E-state index is -3.47. The first-order valence-corrected chi connectivity index (χ1v) is 8.02. The van der Waals surface area contributed by atoms with Crippen molar-refractivity contribution in [1.82, 2.24) is 13.9 Å². The number of carbonyl (C=O) groups excluding carboxylic acids is 1. The number of cyclic esters (lactones) is 1. The quantitative estimate of drug-likeness (QED) is 0.833. The van der Waals surface area contributed by atoms with Gasteiger partial charge in [0, 0.05) is 27.2 Å². The molecule has 1 N–H and O–H groups in total. The highest BCUT2D eigenvalue weighted by Gasteiger charge is 2.31. The summed E-state index contributed by atoms with van der Waals surface area (Å²) in [5.41, 5.74) is 0.933. The summed E-state index contributed by atoms with van der Waals surface area (Å²) < 4.78 is 31.9. The van der Waals surface area contributed by atoms with Gasteiger partial charge in [-0.1, -0.05) is 30.3 Å². The lowest BCUT2D eigenvalue weighted by atomic mass is 10.1. The van der Waals surface area contributed by atoms with Crippen molar-refractivity contribution in [1.29, 1.82) is 0 Å². The fourth-order valence-electron chi connectivity index (χ4n) is 1.97. The van der Waals surface area contributed by atoms with Crippen LogP contribution in [0.3, 0.4) is 0 Å². The highest BCUT2D eigenvalue weighted by atomic mass is 32.2. The van der Waals surface area contributed by atoms with Crippen LogP contribution in [0.4, 0.5) is 4.79 Å². The zero-order valence-electron chi connectivity index (χ0n) is 12.0. The van der Waals surface area contributed by atoms with E-state index in [1.807, 2.05) is 30.3 Å². The average Bonchev–Trinajstić information content (AvgIpc) is 2.81. The third-order valence-corrected chi connectivity index (χ3v) is 4.74. The van der Waals surface area contributed by atoms with Crippen LogP contribution in [0.2, 0.25) is 0 Å². The summed E-state index contributed by atoms with van der Waals surface area (Å²) in [6.45, 7) is 0.846. The van der Waals surface area contributed by atoms with Gasteiger partial charge < -0.3 is 9.64 Å². The Morgan fingerprint density at radius 1 is 1.33 bits per heavy atom. The topological polar surface area (TPSA) is 79.0 Å². The Bertz CT molecular complexity index is 589. The Labute approximate surface area is 124 Å². The second-order valence-corrected chi connectivity index (χ2v) is 6.88. The van der Waals surface area contributed by atoms with Gasteiger partial charge in [-0.2, -0.15) is 12.7 Å². The molecule has 1 aromatic rings. The summed E-state index contributed by atoms with van der Waals surface area (Å²) in [5, 5.41) is 0. The number of rotatable bonds is 6. The molecule has 0 saturated carbocycles. The molecule has 7 nitrogen and oxygen atoms in total. The second kappa shape index (κ2) is 6.42. The number of hydrogen-bond donors (Lipinski definition) is 1. The fourth-order valence-corrected chi connectivity index (χ4v) is 2.58. The third-order valence-electron chi connectivity index (χ3n) is 3.21. The number of ether oxygens (including phenoxy) is 1. The van der Waals surface area contributed by atoms with E-state index in [2.05, 4.69) is 4.72 Å². The smallest absolute Gasteiger partial charge is 0.410 e. The number of nitrogens with zero attached hydrogens (tertiary/aromatic N) is 2. The predicted molar refractivity (Wildman–Crippen MR) is 77.8 cm³/mol. The number of benzene rings is 1. The van der Waals surface area contributed by atoms with E-state index in [1.165, 1.54) is 19.0 Å². The van der Waals surface area contributed by atoms with E-state index < -0.39 is 16.3 Å². The summed E-state index contributed by atoms with van der Waals surface area (Å²) in [6.07, 6.45) is -0.725. The van der Waals surface area contributed by atoms with E-state index >= 15 is 0 Å². The van der Waals surface area contributed by atoms with Crippen LogP contribution in [0.25, 0.3) is 0 Å². The first-order valence-electron chi connectivity index (χ1n) is 6.58. The second-order valence-electron chi connectivity index (χ2n) is 4.91. The summed E-state index contributed by atoms with van der Waals surface area (Å²) in [6, 6.07) is 9.47. The lowest BCUT2D eigenvalue weighted by molar-refractivity contribution is 0.133. The van der Waals surface area contributed by atoms with Crippen LogP contribution in [0, 0.1) is 0 Å². The van der Waals surface area contributed by atoms with Crippen LogP contribution in [0.1, 0.15) is 11.7 Å². The van der Waals surface area contributed by atoms with Gasteiger partial charge in [-0.15, -0.1) is 0 Å². The van der Waals surface area contributed by atoms with Gasteiger partial charge >= 0.3 is 6.09 Å². The van der Waals surface area contributed by atoms with Gasteiger partial charge in [-0.3, -0.25) is 0 Å². The van der Waals surface area contributed by atoms with Crippen LogP contribution in [0.5, 0.6) is 0 Å². The molecule has 1 aliphatic heterocycles. The van der Waals surface area contributed by atoms with Crippen LogP contribution in [-0.2, 0) is 14.9 Å². The molecule has 1 atom stereocenters. The number of carbonyl (C=O) groups is 1. The van der Waals surface area contributed by atoms with Crippen LogP contribution in [0.15, 0.2) is 30.3 Å². The molecule has 0 aromatic heterocycles. The Kier molecular flexibility index (Phi) is 4.81. The van der Waals surface area contributed by atoms with Crippen LogP contribution in [-0.4, -0.2) is 57.4 Å². The van der Waals surface area contributed by atoms with Crippen LogP contribution < -0.4 is 4.72 Å². The Morgan fingerprint density at radius 3 is 2.62 bits per heavy atom. The maximum absolute atomic E-state index is 11.8. The van der Waals surface area contributed by atoms with Crippen LogP contribution >= 0.6 is 0 Å². The molecule has 1 amide bonds. The molecule has 2 rings (SSSR count). The molecular formula is C13H19N3O4S. The van der Waals surface area contributed by atoms with E-state index in [0.29, 0.717) is 6.54 Å². The molecule has 1 heterocycles. The zero-order chi connectivity index (χ0) is 15.5. The molecule has 1 saturated heterocycles. The van der Waals surface area contributed by atoms with Gasteiger partial charge in [0.25, 0.3) is 10.2 Å². The van der Waals surface area contributed by atoms with Crippen molar-refractivity contribution in [3.63, 3.8) is 0 Å². The first-order chi connectivity index (χ1) is 9.90. The third kappa shape index (κ3) is 3.93. The van der Waals surface area contributed by atoms with E-state index in [0.717, 1.165) is 9.87 Å². The van der Waals surface area contributed by atoms with Gasteiger partial charge in [0.15, 0.2) is 0 Å². The molecule has 21 heavy (non-hydrogen) atoms. The summed E-state index contributed by atoms with van der Waals surface area (Å²) >= 11 is 0. The molecule has 0 bridgehead atoms. The highest BCUT2D eigenvalue weighted by molar-refractivity contribution is 7.87. The lowest BCUT2D eigenvalue weighted by Crippen LogP contribution is -2.40. The molecule has 1 unspecified atom stereocenters. The number of amides is 1. The van der Waals surface area contributed by atoms with Crippen molar-refractivity contribution in [3.05, 3.63) is 35.9 Å². The summed E-state index contributed by atoms with van der Waals surface area (Å²) in [7, 11) is -0.584. The molecule has 0 spiro atoms. The van der Waals surface area contributed by atoms with Crippen molar-refractivity contribution < 1.29 is 17.9 Å². The normalized spacial score (nSPS) is 19.1. The molecule has 0 radical (unpaired) electrons. The van der Waals surface area contributed by atoms with E-state index in [4.69, 9.17) is 4.74 Å². The Hall–Kier alpha value is -1.64. The minimum Gasteiger partial charge on any atom is -0.439 e. The Morgan fingerprint density at radius 2 is 2.00 bits per heavy atom. The molecule has 116 valence electrons. The minimum absolute atomic E-state index is 0.150. The van der Waals surface area contributed by atoms with Gasteiger partial charge in [-0.05, 0) is 5.56 Å². The maximum Gasteiger partial charge on any atom is 0.410 e. The molecule has 1 aromatic carbocycles. The van der Waals surface area contributed by atoms with Gasteiger partial charge in [0.1, 0.15) is 6.10 Å². The standard InChI is InChI=1S/C13H19N3O4S/c1-15(2)21(18,19)14-8-9-16-10-12(20-13(16)17)11-6-4-3-5-7-11/h3-7,12,14H,8-10H2,1-2H3. The number of nitrogens with one attached hydrogen (secondary N) is 1. The molecular weight excluding hydrogens is 294 g/mol. The van der Waals surface area contributed by atoms with Gasteiger partial charge in [0.2, 0.25) is 0 Å². The SMILES string of the molecule is CN(C)S(=O)(=O)NCCN1CC(c2ccccc2)OC1=O. The molecule has 0 aliphatic carbocycles. The van der Waals surface area contributed by atoms with Crippen molar-refractivity contribution >= 4 is 16.3 Å². The number of hydrogen-bond acceptors (Lipinski definition) is 4. The largest absolute Gasteiger partial charge is 0.439 e. The lowest BCUT2D eigenvalue weighted by Gasteiger charge is -2.15. The molecule has 8 heteroatoms. The average molecular weight is 313 g/mol. The van der Waals surface area contributed by atoms with E-state index in [9.17, 15) is 13.2 Å². The van der Waals surface area contributed by atoms with E-state index in [-0.39, 0.29) is 19.2 Å². The first kappa shape index (κ1) is 15.7. The van der Waals surface area contributed by atoms with Gasteiger partial charge in [0.05, 0.1) is 6.54 Å². The summed E-state index contributed by atoms with van der Waals surface area (Å²) in [4.78, 5) is 13.3. The summed E-state index contributed by atoms with van der Waals surface area (Å²) in [5.74, 6) is 0. The monoisotopic (exact) mass is 313 g/mol. The zero-order valence-corrected chi connectivity index (χ0v) is 12.8. The van der Waals surface area contributed by atoms with Crippen molar-refractivity contribution in [2.45, 2.75) is 6.10 Å². The van der Waals surface area contributed by atoms with Crippen molar-refractivity contribution in [3.8, 4) is 0 Å². The Balaban J connectivity index is 1.87. The fraction of sp³-hybridized carbons (Fsp3) is 0.462. The van der Waals surface area contributed by atoms with Crippen molar-refractivity contribution in [2.75, 3.05) is 33.7 Å². The predicted octanol–water partition coefficient (Wildman–Crippen LogP) is 0.576. The van der Waals surface area contributed by atoms with E-state index in [1.54, 1.807) is 0 Å².